The molecule has 0 saturated heterocycles. The molecule has 1 aliphatic rings. The number of Topliss-reactive ketones (excluding diaryl/α,β-unsaturated/α-hetero) is 1. The molecule has 1 amide bonds. The minimum atomic E-state index is -1.48. The summed E-state index contributed by atoms with van der Waals surface area (Å²) in [5.74, 6) is -2.38. The molecule has 0 unspecified atom stereocenters. The maximum atomic E-state index is 13.7. The molecule has 0 atom stereocenters. The topological polar surface area (TPSA) is 105 Å². The van der Waals surface area contributed by atoms with Crippen molar-refractivity contribution in [2.45, 2.75) is 19.4 Å². The standard InChI is InChI=1S/C26H24N4O4/c1-3-15-30(21-16-29(2)20-12-8-7-11-19(20)21)25(33)26(13-14-26)23(31)22(28-27)24(32)34-17-18-9-5-4-6-10-18/h3-12,16H,1,13-15,17H2,2H3. The van der Waals surface area contributed by atoms with Crippen LogP contribution in [0.4, 0.5) is 5.69 Å². The van der Waals surface area contributed by atoms with Gasteiger partial charge in [0.15, 0.2) is 0 Å². The van der Waals surface area contributed by atoms with Crippen LogP contribution < -0.4 is 4.90 Å². The van der Waals surface area contributed by atoms with Gasteiger partial charge in [-0.2, -0.15) is 4.79 Å². The lowest BCUT2D eigenvalue weighted by Crippen LogP contribution is -2.45. The van der Waals surface area contributed by atoms with Crippen LogP contribution in [-0.2, 0) is 32.8 Å². The van der Waals surface area contributed by atoms with Gasteiger partial charge in [0, 0.05) is 30.7 Å². The molecular weight excluding hydrogens is 432 g/mol. The molecule has 3 aromatic rings. The van der Waals surface area contributed by atoms with Crippen molar-refractivity contribution in [1.82, 2.24) is 4.57 Å². The number of nitrogens with zero attached hydrogens (tertiary/aromatic N) is 4. The van der Waals surface area contributed by atoms with Gasteiger partial charge in [-0.3, -0.25) is 9.59 Å². The zero-order valence-electron chi connectivity index (χ0n) is 18.8. The molecule has 1 fully saturated rings. The molecule has 0 bridgehead atoms. The van der Waals surface area contributed by atoms with E-state index in [1.54, 1.807) is 30.3 Å². The molecule has 0 aliphatic heterocycles. The average Bonchev–Trinajstić information content (AvgIpc) is 3.61. The average molecular weight is 457 g/mol. The van der Waals surface area contributed by atoms with Gasteiger partial charge in [-0.15, -0.1) is 6.58 Å². The maximum Gasteiger partial charge on any atom is 0.442 e. The lowest BCUT2D eigenvalue weighted by molar-refractivity contribution is -0.144. The first-order valence-corrected chi connectivity index (χ1v) is 10.9. The number of carbonyl (C=O) groups is 3. The number of fused-ring (bicyclic) bond motifs is 1. The van der Waals surface area contributed by atoms with Crippen LogP contribution in [-0.4, -0.2) is 39.3 Å². The number of benzene rings is 2. The van der Waals surface area contributed by atoms with E-state index in [1.165, 1.54) is 4.90 Å². The minimum Gasteiger partial charge on any atom is -0.452 e. The van der Waals surface area contributed by atoms with Crippen molar-refractivity contribution in [2.24, 2.45) is 12.5 Å². The highest BCUT2D eigenvalue weighted by atomic mass is 16.5. The third-order valence-electron chi connectivity index (χ3n) is 6.04. The summed E-state index contributed by atoms with van der Waals surface area (Å²) < 4.78 is 7.06. The Labute approximate surface area is 196 Å². The summed E-state index contributed by atoms with van der Waals surface area (Å²) >= 11 is 0. The number of rotatable bonds is 9. The predicted molar refractivity (Wildman–Crippen MR) is 127 cm³/mol. The number of anilines is 1. The van der Waals surface area contributed by atoms with Gasteiger partial charge >= 0.3 is 11.7 Å². The van der Waals surface area contributed by atoms with E-state index < -0.39 is 28.8 Å². The molecule has 0 N–H and O–H groups in total. The van der Waals surface area contributed by atoms with Crippen LogP contribution in [0.25, 0.3) is 16.4 Å². The van der Waals surface area contributed by atoms with Crippen molar-refractivity contribution < 1.29 is 23.9 Å². The number of hydrogen-bond donors (Lipinski definition) is 0. The van der Waals surface area contributed by atoms with E-state index in [-0.39, 0.29) is 26.0 Å². The number of aromatic nitrogens is 1. The van der Waals surface area contributed by atoms with E-state index in [9.17, 15) is 19.9 Å². The van der Waals surface area contributed by atoms with Crippen LogP contribution in [0.5, 0.6) is 0 Å². The first-order valence-electron chi connectivity index (χ1n) is 10.9. The zero-order chi connectivity index (χ0) is 24.3. The molecular formula is C26H24N4O4. The molecule has 2 aromatic carbocycles. The van der Waals surface area contributed by atoms with Crippen LogP contribution in [0.1, 0.15) is 18.4 Å². The summed E-state index contributed by atoms with van der Waals surface area (Å²) in [6.07, 6.45) is 3.89. The highest BCUT2D eigenvalue weighted by Crippen LogP contribution is 2.49. The Hall–Kier alpha value is -4.29. The van der Waals surface area contributed by atoms with Gasteiger partial charge in [0.2, 0.25) is 5.91 Å². The van der Waals surface area contributed by atoms with Crippen molar-refractivity contribution in [3.05, 3.63) is 84.5 Å². The van der Waals surface area contributed by atoms with Crippen LogP contribution in [0.2, 0.25) is 0 Å². The molecule has 34 heavy (non-hydrogen) atoms. The number of ketones is 1. The molecule has 1 aromatic heterocycles. The number of ether oxygens (including phenoxy) is 1. The molecule has 4 rings (SSSR count). The summed E-state index contributed by atoms with van der Waals surface area (Å²) in [6, 6.07) is 16.5. The minimum absolute atomic E-state index is 0.0918. The second-order valence-electron chi connectivity index (χ2n) is 8.27. The van der Waals surface area contributed by atoms with Gasteiger partial charge in [0.25, 0.3) is 5.78 Å². The van der Waals surface area contributed by atoms with Crippen molar-refractivity contribution in [3.8, 4) is 0 Å². The fourth-order valence-electron chi connectivity index (χ4n) is 4.07. The predicted octanol–water partition coefficient (Wildman–Crippen LogP) is 3.46. The molecule has 8 nitrogen and oxygen atoms in total. The molecule has 1 heterocycles. The van der Waals surface area contributed by atoms with Gasteiger partial charge in [-0.25, -0.2) is 4.79 Å². The van der Waals surface area contributed by atoms with Crippen molar-refractivity contribution in [2.75, 3.05) is 11.4 Å². The van der Waals surface area contributed by atoms with E-state index in [1.807, 2.05) is 48.1 Å². The Balaban J connectivity index is 1.59. The van der Waals surface area contributed by atoms with Crippen LogP contribution >= 0.6 is 0 Å². The van der Waals surface area contributed by atoms with Crippen molar-refractivity contribution >= 4 is 40.0 Å². The van der Waals surface area contributed by atoms with Crippen LogP contribution in [0.3, 0.4) is 0 Å². The largest absolute Gasteiger partial charge is 0.452 e. The Morgan fingerprint density at radius 2 is 1.82 bits per heavy atom. The second kappa shape index (κ2) is 9.29. The first-order chi connectivity index (χ1) is 16.4. The second-order valence-corrected chi connectivity index (χ2v) is 8.27. The quantitative estimate of drug-likeness (QED) is 0.123. The maximum absolute atomic E-state index is 13.7. The Morgan fingerprint density at radius 3 is 2.47 bits per heavy atom. The monoisotopic (exact) mass is 456 g/mol. The third-order valence-corrected chi connectivity index (χ3v) is 6.04. The van der Waals surface area contributed by atoms with E-state index in [2.05, 4.69) is 11.4 Å². The van der Waals surface area contributed by atoms with Crippen molar-refractivity contribution in [3.63, 3.8) is 0 Å². The fraction of sp³-hybridized carbons (Fsp3) is 0.231. The number of carbonyl (C=O) groups excluding carboxylic acids is 3. The number of esters is 1. The highest BCUT2D eigenvalue weighted by Gasteiger charge is 2.63. The highest BCUT2D eigenvalue weighted by molar-refractivity contribution is 6.65. The van der Waals surface area contributed by atoms with Crippen LogP contribution in [0.15, 0.2) is 73.4 Å². The number of hydrogen-bond acceptors (Lipinski definition) is 4. The summed E-state index contributed by atoms with van der Waals surface area (Å²) in [6.45, 7) is 3.83. The smallest absolute Gasteiger partial charge is 0.442 e. The Kier molecular flexibility index (Phi) is 6.25. The SMILES string of the molecule is C=CCN(C(=O)C1(C(=O)C(=[N+]=[N-])C(=O)OCc2ccccc2)CC1)c1cn(C)c2ccccc12. The van der Waals surface area contributed by atoms with Gasteiger partial charge in [0.1, 0.15) is 12.0 Å². The third kappa shape index (κ3) is 4.07. The lowest BCUT2D eigenvalue weighted by Gasteiger charge is -2.24. The number of aryl methyl sites for hydroxylation is 1. The Bertz CT molecular complexity index is 1330. The van der Waals surface area contributed by atoms with E-state index in [0.717, 1.165) is 10.9 Å². The normalized spacial score (nSPS) is 13.6. The molecule has 0 spiro atoms. The van der Waals surface area contributed by atoms with E-state index in [4.69, 9.17) is 4.74 Å². The number of amides is 1. The molecule has 172 valence electrons. The summed E-state index contributed by atoms with van der Waals surface area (Å²) in [4.78, 5) is 43.9. The molecule has 1 saturated carbocycles. The lowest BCUT2D eigenvalue weighted by atomic mass is 9.94. The zero-order valence-corrected chi connectivity index (χ0v) is 18.8. The summed E-state index contributed by atoms with van der Waals surface area (Å²) in [5.41, 5.74) is 9.48. The van der Waals surface area contributed by atoms with Gasteiger partial charge < -0.3 is 19.7 Å². The van der Waals surface area contributed by atoms with Crippen molar-refractivity contribution in [1.29, 1.82) is 0 Å². The molecule has 0 radical (unpaired) electrons. The molecule has 8 heteroatoms. The number of para-hydroxylation sites is 1. The van der Waals surface area contributed by atoms with E-state index in [0.29, 0.717) is 11.3 Å². The summed E-state index contributed by atoms with van der Waals surface area (Å²) in [7, 11) is 1.87. The van der Waals surface area contributed by atoms with Gasteiger partial charge in [-0.1, -0.05) is 54.6 Å². The van der Waals surface area contributed by atoms with E-state index >= 15 is 0 Å². The fourth-order valence-corrected chi connectivity index (χ4v) is 4.07. The molecule has 1 aliphatic carbocycles. The Morgan fingerprint density at radius 1 is 1.15 bits per heavy atom. The van der Waals surface area contributed by atoms with Crippen LogP contribution in [0, 0.1) is 5.41 Å². The van der Waals surface area contributed by atoms with Gasteiger partial charge in [-0.05, 0) is 24.5 Å². The first kappa shape index (κ1) is 22.9. The summed E-state index contributed by atoms with van der Waals surface area (Å²) in [5, 5.41) is 0.849. The van der Waals surface area contributed by atoms with Gasteiger partial charge in [0.05, 0.1) is 5.69 Å².